The molecule has 0 radical (unpaired) electrons. The van der Waals surface area contributed by atoms with E-state index in [1.807, 2.05) is 73.9 Å². The number of hydrogen-bond donors (Lipinski definition) is 4. The molecule has 6 aromatic rings. The largest absolute Gasteiger partial charge is 0.453 e. The monoisotopic (exact) mass is 816 g/mol. The second-order valence-electron chi connectivity index (χ2n) is 17.0. The third-order valence-electron chi connectivity index (χ3n) is 11.8. The number of aromatic nitrogens is 4. The van der Waals surface area contributed by atoms with Crippen molar-refractivity contribution in [1.82, 2.24) is 40.4 Å². The minimum Gasteiger partial charge on any atom is -0.453 e. The fraction of sp³-hybridized carbons (Fsp3) is 0.435. The van der Waals surface area contributed by atoms with Crippen LogP contribution in [0, 0.1) is 23.7 Å². The van der Waals surface area contributed by atoms with E-state index in [2.05, 4.69) is 70.8 Å². The van der Waals surface area contributed by atoms with E-state index in [9.17, 15) is 19.2 Å². The highest BCUT2D eigenvalue weighted by Crippen LogP contribution is 2.38. The zero-order chi connectivity index (χ0) is 42.8. The van der Waals surface area contributed by atoms with Crippen LogP contribution in [0.5, 0.6) is 0 Å². The molecule has 14 nitrogen and oxygen atoms in total. The topological polar surface area (TPSA) is 175 Å². The first-order valence-electron chi connectivity index (χ1n) is 20.8. The zero-order valence-electron chi connectivity index (χ0n) is 35.6. The van der Waals surface area contributed by atoms with Gasteiger partial charge in [-0.3, -0.25) is 9.59 Å². The van der Waals surface area contributed by atoms with Gasteiger partial charge in [0.1, 0.15) is 23.7 Å². The van der Waals surface area contributed by atoms with E-state index >= 15 is 0 Å². The summed E-state index contributed by atoms with van der Waals surface area (Å²) >= 11 is 0. The van der Waals surface area contributed by atoms with Gasteiger partial charge in [-0.15, -0.1) is 0 Å². The van der Waals surface area contributed by atoms with E-state index in [4.69, 9.17) is 19.4 Å². The average molecular weight is 817 g/mol. The van der Waals surface area contributed by atoms with Gasteiger partial charge in [0.25, 0.3) is 0 Å². The zero-order valence-corrected chi connectivity index (χ0v) is 35.6. The number of fused-ring (bicyclic) bond motifs is 6. The Labute approximate surface area is 349 Å². The molecule has 4 amide bonds. The highest BCUT2D eigenvalue weighted by molar-refractivity contribution is 6.05. The molecule has 60 heavy (non-hydrogen) atoms. The summed E-state index contributed by atoms with van der Waals surface area (Å²) in [6.07, 6.45) is 0.459. The molecular weight excluding hydrogens is 761 g/mol. The smallest absolute Gasteiger partial charge is 0.407 e. The number of alkyl carbamates (subject to hydrolysis) is 2. The molecule has 0 unspecified atom stereocenters. The van der Waals surface area contributed by atoms with Crippen molar-refractivity contribution < 1.29 is 28.7 Å². The molecule has 2 saturated heterocycles. The SMILES string of the molecule is COC(=O)N[C@H](C(=O)N1C[C@@H](C)C[C@H]1c1nc2c(ccc3ccccc32)[nH]1)C(C)C.COC(=O)N[C@H](C(=O)N1C[C@@H](C)C[C@H]1c1nc2c(ccc3ccccc32)[nH]1)C(C)C. The van der Waals surface area contributed by atoms with Gasteiger partial charge >= 0.3 is 12.2 Å². The number of methoxy groups -OCH3 is 2. The van der Waals surface area contributed by atoms with Crippen LogP contribution in [0.25, 0.3) is 43.6 Å². The summed E-state index contributed by atoms with van der Waals surface area (Å²) in [6, 6.07) is 23.0. The molecule has 2 aliphatic heterocycles. The number of nitrogens with one attached hydrogen (secondary N) is 4. The lowest BCUT2D eigenvalue weighted by atomic mass is 10.0. The minimum absolute atomic E-state index is 0.0622. The maximum absolute atomic E-state index is 13.4. The second kappa shape index (κ2) is 17.6. The Hall–Kier alpha value is -6.18. The van der Waals surface area contributed by atoms with Crippen molar-refractivity contribution in [3.8, 4) is 0 Å². The van der Waals surface area contributed by atoms with Crippen LogP contribution in [-0.4, -0.2) is 93.1 Å². The van der Waals surface area contributed by atoms with Crippen LogP contribution >= 0.6 is 0 Å². The molecule has 2 fully saturated rings. The van der Waals surface area contributed by atoms with Crippen molar-refractivity contribution in [3.63, 3.8) is 0 Å². The van der Waals surface area contributed by atoms with Gasteiger partial charge in [-0.05, 0) is 59.4 Å². The van der Waals surface area contributed by atoms with Crippen molar-refractivity contribution in [2.75, 3.05) is 27.3 Å². The summed E-state index contributed by atoms with van der Waals surface area (Å²) in [5, 5.41) is 9.85. The van der Waals surface area contributed by atoms with Gasteiger partial charge in [-0.2, -0.15) is 0 Å². The van der Waals surface area contributed by atoms with Gasteiger partial charge in [-0.1, -0.05) is 102 Å². The highest BCUT2D eigenvalue weighted by atomic mass is 16.5. The van der Waals surface area contributed by atoms with Crippen LogP contribution in [0.1, 0.15) is 78.1 Å². The third-order valence-corrected chi connectivity index (χ3v) is 11.8. The van der Waals surface area contributed by atoms with Crippen molar-refractivity contribution >= 4 is 67.6 Å². The Morgan fingerprint density at radius 2 is 1.00 bits per heavy atom. The van der Waals surface area contributed by atoms with E-state index < -0.39 is 24.3 Å². The van der Waals surface area contributed by atoms with Crippen molar-refractivity contribution in [1.29, 1.82) is 0 Å². The number of hydrogen-bond acceptors (Lipinski definition) is 8. The van der Waals surface area contributed by atoms with Gasteiger partial charge in [0, 0.05) is 23.9 Å². The standard InChI is InChI=1S/2C23H28N4O3/c2*1-13(2)19(26-23(29)30-4)22(28)27-12-14(3)11-18(27)21-24-17-10-9-15-7-5-6-8-16(15)20(17)25-21/h2*5-10,13-14,18-19H,11-12H2,1-4H3,(H,24,25)(H,26,29)/t2*14-,18-,19-/m00/s1. The molecule has 0 saturated carbocycles. The molecule has 316 valence electrons. The Kier molecular flexibility index (Phi) is 12.3. The lowest BCUT2D eigenvalue weighted by Gasteiger charge is -2.30. The minimum atomic E-state index is -0.643. The lowest BCUT2D eigenvalue weighted by molar-refractivity contribution is -0.136. The third kappa shape index (κ3) is 8.45. The highest BCUT2D eigenvalue weighted by Gasteiger charge is 2.41. The number of H-pyrrole nitrogens is 2. The predicted octanol–water partition coefficient (Wildman–Crippen LogP) is 8.01. The normalized spacial score (nSPS) is 20.1. The molecule has 0 bridgehead atoms. The Balaban J connectivity index is 0.000000181. The first kappa shape index (κ1) is 42.0. The quantitative estimate of drug-likeness (QED) is 0.120. The number of amides is 4. The van der Waals surface area contributed by atoms with Gasteiger partial charge < -0.3 is 39.9 Å². The lowest BCUT2D eigenvalue weighted by Crippen LogP contribution is -2.51. The van der Waals surface area contributed by atoms with Gasteiger partial charge in [0.2, 0.25) is 11.8 Å². The predicted molar refractivity (Wildman–Crippen MR) is 232 cm³/mol. The fourth-order valence-corrected chi connectivity index (χ4v) is 8.69. The van der Waals surface area contributed by atoms with Crippen LogP contribution < -0.4 is 10.6 Å². The number of ether oxygens (including phenoxy) is 2. The summed E-state index contributed by atoms with van der Waals surface area (Å²) in [5.41, 5.74) is 3.76. The first-order valence-corrected chi connectivity index (χ1v) is 20.8. The van der Waals surface area contributed by atoms with E-state index in [1.165, 1.54) is 14.2 Å². The van der Waals surface area contributed by atoms with E-state index in [0.29, 0.717) is 24.9 Å². The molecule has 0 spiro atoms. The molecule has 4 heterocycles. The summed E-state index contributed by atoms with van der Waals surface area (Å²) in [7, 11) is 2.60. The molecular formula is C46H56N8O6. The number of aromatic amines is 2. The van der Waals surface area contributed by atoms with Crippen LogP contribution in [0.4, 0.5) is 9.59 Å². The number of carbonyl (C=O) groups excluding carboxylic acids is 4. The molecule has 0 aliphatic carbocycles. The van der Waals surface area contributed by atoms with E-state index in [1.54, 1.807) is 0 Å². The average Bonchev–Trinajstić information content (AvgIpc) is 4.05. The number of likely N-dealkylation sites (tertiary alicyclic amines) is 2. The molecule has 4 N–H and O–H groups in total. The molecule has 2 aromatic heterocycles. The van der Waals surface area contributed by atoms with Gasteiger partial charge in [0.15, 0.2) is 0 Å². The maximum atomic E-state index is 13.4. The number of benzene rings is 4. The molecule has 8 rings (SSSR count). The van der Waals surface area contributed by atoms with Crippen LogP contribution in [0.15, 0.2) is 72.8 Å². The Morgan fingerprint density at radius 1 is 0.617 bits per heavy atom. The fourth-order valence-electron chi connectivity index (χ4n) is 8.69. The Morgan fingerprint density at radius 3 is 1.37 bits per heavy atom. The van der Waals surface area contributed by atoms with Crippen molar-refractivity contribution in [3.05, 3.63) is 84.4 Å². The van der Waals surface area contributed by atoms with Crippen LogP contribution in [-0.2, 0) is 19.1 Å². The van der Waals surface area contributed by atoms with Gasteiger partial charge in [-0.25, -0.2) is 19.6 Å². The maximum Gasteiger partial charge on any atom is 0.407 e. The Bertz CT molecular complexity index is 2350. The van der Waals surface area contributed by atoms with E-state index in [0.717, 1.165) is 68.1 Å². The molecule has 4 aromatic carbocycles. The summed E-state index contributed by atoms with van der Waals surface area (Å²) in [5.74, 6) is 1.94. The molecule has 14 heteroatoms. The van der Waals surface area contributed by atoms with Crippen molar-refractivity contribution in [2.24, 2.45) is 23.7 Å². The second-order valence-corrected chi connectivity index (χ2v) is 17.0. The van der Waals surface area contributed by atoms with Crippen LogP contribution in [0.3, 0.4) is 0 Å². The number of carbonyl (C=O) groups is 4. The molecule has 2 aliphatic rings. The van der Waals surface area contributed by atoms with Crippen LogP contribution in [0.2, 0.25) is 0 Å². The first-order chi connectivity index (χ1) is 28.8. The van der Waals surface area contributed by atoms with Gasteiger partial charge in [0.05, 0.1) is 48.4 Å². The number of nitrogens with zero attached hydrogens (tertiary/aromatic N) is 4. The summed E-state index contributed by atoms with van der Waals surface area (Å²) < 4.78 is 9.44. The van der Waals surface area contributed by atoms with E-state index in [-0.39, 0.29) is 35.7 Å². The summed E-state index contributed by atoms with van der Waals surface area (Å²) in [6.45, 7) is 13.2. The summed E-state index contributed by atoms with van der Waals surface area (Å²) in [4.78, 5) is 70.8. The number of imidazole rings is 2. The number of rotatable bonds is 8. The molecule has 6 atom stereocenters. The van der Waals surface area contributed by atoms with Crippen molar-refractivity contribution in [2.45, 2.75) is 78.6 Å².